The van der Waals surface area contributed by atoms with Gasteiger partial charge in [-0.05, 0) is 24.6 Å². The van der Waals surface area contributed by atoms with Crippen molar-refractivity contribution in [2.24, 2.45) is 0 Å². The zero-order valence-corrected chi connectivity index (χ0v) is 12.1. The summed E-state index contributed by atoms with van der Waals surface area (Å²) in [7, 11) is 0. The molecular weight excluding hydrogens is 298 g/mol. The minimum atomic E-state index is -1.14. The number of urea groups is 1. The molecule has 8 heteroatoms. The number of carbonyl (C=O) groups is 3. The van der Waals surface area contributed by atoms with Crippen LogP contribution in [0.4, 0.5) is 4.79 Å². The van der Waals surface area contributed by atoms with Crippen LogP contribution in [0.2, 0.25) is 5.02 Å². The Labute approximate surface area is 126 Å². The Morgan fingerprint density at radius 2 is 1.81 bits per heavy atom. The molecular formula is C13H16ClN3O4. The van der Waals surface area contributed by atoms with Crippen LogP contribution in [0.25, 0.3) is 0 Å². The van der Waals surface area contributed by atoms with Gasteiger partial charge in [0.05, 0.1) is 6.54 Å². The van der Waals surface area contributed by atoms with Crippen molar-refractivity contribution >= 4 is 29.5 Å². The largest absolute Gasteiger partial charge is 0.480 e. The van der Waals surface area contributed by atoms with Gasteiger partial charge in [-0.1, -0.05) is 23.7 Å². The first-order valence-electron chi connectivity index (χ1n) is 6.17. The number of carboxylic acid groups (broad SMARTS) is 1. The van der Waals surface area contributed by atoms with Gasteiger partial charge in [-0.2, -0.15) is 0 Å². The second-order valence-corrected chi connectivity index (χ2v) is 4.73. The Kier molecular flexibility index (Phi) is 6.48. The van der Waals surface area contributed by atoms with Gasteiger partial charge in [-0.15, -0.1) is 0 Å². The van der Waals surface area contributed by atoms with E-state index in [1.54, 1.807) is 24.3 Å². The molecule has 1 aromatic carbocycles. The quantitative estimate of drug-likeness (QED) is 0.621. The van der Waals surface area contributed by atoms with E-state index in [1.807, 2.05) is 0 Å². The first-order chi connectivity index (χ1) is 9.88. The highest BCUT2D eigenvalue weighted by Gasteiger charge is 2.14. The average Bonchev–Trinajstić information content (AvgIpc) is 2.44. The van der Waals surface area contributed by atoms with Crippen molar-refractivity contribution in [2.45, 2.75) is 19.5 Å². The van der Waals surface area contributed by atoms with E-state index in [0.29, 0.717) is 5.02 Å². The number of nitrogens with one attached hydrogen (secondary N) is 3. The number of benzene rings is 1. The summed E-state index contributed by atoms with van der Waals surface area (Å²) in [6.45, 7) is 1.32. The van der Waals surface area contributed by atoms with Gasteiger partial charge in [-0.3, -0.25) is 9.59 Å². The van der Waals surface area contributed by atoms with E-state index in [0.717, 1.165) is 5.56 Å². The lowest BCUT2D eigenvalue weighted by Gasteiger charge is -2.10. The minimum absolute atomic E-state index is 0.288. The van der Waals surface area contributed by atoms with Crippen LogP contribution in [0.1, 0.15) is 12.5 Å². The SMILES string of the molecule is CC(NC(=O)CNC(=O)NCc1ccc(Cl)cc1)C(=O)O. The van der Waals surface area contributed by atoms with Gasteiger partial charge in [0.2, 0.25) is 5.91 Å². The zero-order chi connectivity index (χ0) is 15.8. The standard InChI is InChI=1S/C13H16ClN3O4/c1-8(12(19)20)17-11(18)7-16-13(21)15-6-9-2-4-10(14)5-3-9/h2-5,8H,6-7H2,1H3,(H,17,18)(H,19,20)(H2,15,16,21). The van der Waals surface area contributed by atoms with Crippen LogP contribution in [0.3, 0.4) is 0 Å². The highest BCUT2D eigenvalue weighted by atomic mass is 35.5. The second-order valence-electron chi connectivity index (χ2n) is 4.29. The van der Waals surface area contributed by atoms with Crippen LogP contribution in [0, 0.1) is 0 Å². The summed E-state index contributed by atoms with van der Waals surface area (Å²) in [5, 5.41) is 16.3. The Morgan fingerprint density at radius 1 is 1.19 bits per heavy atom. The maximum absolute atomic E-state index is 11.5. The maximum Gasteiger partial charge on any atom is 0.325 e. The molecule has 7 nitrogen and oxygen atoms in total. The highest BCUT2D eigenvalue weighted by Crippen LogP contribution is 2.08. The number of amides is 3. The molecule has 0 aliphatic heterocycles. The molecule has 0 aliphatic carbocycles. The van der Waals surface area contributed by atoms with Crippen molar-refractivity contribution in [3.8, 4) is 0 Å². The zero-order valence-electron chi connectivity index (χ0n) is 11.4. The summed E-state index contributed by atoms with van der Waals surface area (Å²) < 4.78 is 0. The minimum Gasteiger partial charge on any atom is -0.480 e. The number of hydrogen-bond donors (Lipinski definition) is 4. The fraction of sp³-hybridized carbons (Fsp3) is 0.308. The summed E-state index contributed by atoms with van der Waals surface area (Å²) in [5.74, 6) is -1.72. The van der Waals surface area contributed by atoms with Crippen LogP contribution in [0.15, 0.2) is 24.3 Å². The molecule has 1 atom stereocenters. The molecule has 0 radical (unpaired) electrons. The molecule has 0 bridgehead atoms. The Bertz CT molecular complexity index is 519. The molecule has 0 heterocycles. The molecule has 0 saturated heterocycles. The first kappa shape index (κ1) is 16.8. The van der Waals surface area contributed by atoms with Crippen molar-refractivity contribution in [1.82, 2.24) is 16.0 Å². The van der Waals surface area contributed by atoms with E-state index in [-0.39, 0.29) is 13.1 Å². The first-order valence-corrected chi connectivity index (χ1v) is 6.54. The van der Waals surface area contributed by atoms with Gasteiger partial charge >= 0.3 is 12.0 Å². The third-order valence-electron chi connectivity index (χ3n) is 2.52. The van der Waals surface area contributed by atoms with Gasteiger partial charge in [0.15, 0.2) is 0 Å². The molecule has 0 spiro atoms. The van der Waals surface area contributed by atoms with Crippen molar-refractivity contribution < 1.29 is 19.5 Å². The number of hydrogen-bond acceptors (Lipinski definition) is 3. The normalized spacial score (nSPS) is 11.3. The topological polar surface area (TPSA) is 108 Å². The molecule has 21 heavy (non-hydrogen) atoms. The summed E-state index contributed by atoms with van der Waals surface area (Å²) in [6, 6.07) is 5.42. The third kappa shape index (κ3) is 6.62. The lowest BCUT2D eigenvalue weighted by atomic mass is 10.2. The van der Waals surface area contributed by atoms with Crippen LogP contribution in [-0.4, -0.2) is 35.6 Å². The number of aliphatic carboxylic acids is 1. The van der Waals surface area contributed by atoms with E-state index < -0.39 is 23.9 Å². The molecule has 1 unspecified atom stereocenters. The van der Waals surface area contributed by atoms with Crippen molar-refractivity contribution in [1.29, 1.82) is 0 Å². The van der Waals surface area contributed by atoms with E-state index in [9.17, 15) is 14.4 Å². The molecule has 3 amide bonds. The van der Waals surface area contributed by atoms with Crippen molar-refractivity contribution in [3.63, 3.8) is 0 Å². The third-order valence-corrected chi connectivity index (χ3v) is 2.78. The molecule has 4 N–H and O–H groups in total. The smallest absolute Gasteiger partial charge is 0.325 e. The van der Waals surface area contributed by atoms with E-state index in [1.165, 1.54) is 6.92 Å². The number of halogens is 1. The lowest BCUT2D eigenvalue weighted by molar-refractivity contribution is -0.141. The second kappa shape index (κ2) is 8.11. The van der Waals surface area contributed by atoms with Gasteiger partial charge < -0.3 is 21.1 Å². The van der Waals surface area contributed by atoms with E-state index in [2.05, 4.69) is 16.0 Å². The van der Waals surface area contributed by atoms with E-state index >= 15 is 0 Å². The maximum atomic E-state index is 11.5. The van der Waals surface area contributed by atoms with Gasteiger partial charge in [0.1, 0.15) is 6.04 Å². The highest BCUT2D eigenvalue weighted by molar-refractivity contribution is 6.30. The van der Waals surface area contributed by atoms with Gasteiger partial charge in [0.25, 0.3) is 0 Å². The van der Waals surface area contributed by atoms with Crippen molar-refractivity contribution in [2.75, 3.05) is 6.54 Å². The summed E-state index contributed by atoms with van der Waals surface area (Å²) in [5.41, 5.74) is 0.860. The van der Waals surface area contributed by atoms with E-state index in [4.69, 9.17) is 16.7 Å². The molecule has 1 rings (SSSR count). The van der Waals surface area contributed by atoms with Crippen molar-refractivity contribution in [3.05, 3.63) is 34.9 Å². The molecule has 0 saturated carbocycles. The van der Waals surface area contributed by atoms with Gasteiger partial charge in [0, 0.05) is 11.6 Å². The summed E-state index contributed by atoms with van der Waals surface area (Å²) >= 11 is 5.74. The van der Waals surface area contributed by atoms with Crippen LogP contribution >= 0.6 is 11.6 Å². The number of carboxylic acids is 1. The number of carbonyl (C=O) groups excluding carboxylic acids is 2. The molecule has 0 aromatic heterocycles. The monoisotopic (exact) mass is 313 g/mol. The Morgan fingerprint density at radius 3 is 2.38 bits per heavy atom. The average molecular weight is 314 g/mol. The predicted molar refractivity (Wildman–Crippen MR) is 76.9 cm³/mol. The number of rotatable bonds is 6. The molecule has 0 aliphatic rings. The van der Waals surface area contributed by atoms with Gasteiger partial charge in [-0.25, -0.2) is 4.79 Å². The lowest BCUT2D eigenvalue weighted by Crippen LogP contribution is -2.46. The summed E-state index contributed by atoms with van der Waals surface area (Å²) in [6.07, 6.45) is 0. The van der Waals surface area contributed by atoms with Crippen LogP contribution < -0.4 is 16.0 Å². The molecule has 0 fully saturated rings. The molecule has 114 valence electrons. The van der Waals surface area contributed by atoms with Crippen LogP contribution in [0.5, 0.6) is 0 Å². The Balaban J connectivity index is 2.26. The predicted octanol–water partition coefficient (Wildman–Crippen LogP) is 0.728. The van der Waals surface area contributed by atoms with Crippen LogP contribution in [-0.2, 0) is 16.1 Å². The fourth-order valence-corrected chi connectivity index (χ4v) is 1.49. The fourth-order valence-electron chi connectivity index (χ4n) is 1.36. The molecule has 1 aromatic rings. The summed E-state index contributed by atoms with van der Waals surface area (Å²) in [4.78, 5) is 33.3. The Hall–Kier alpha value is -2.28.